The van der Waals surface area contributed by atoms with Crippen LogP contribution in [0.15, 0.2) is 170 Å². The number of benzene rings is 6. The topological polar surface area (TPSA) is 45.2 Å². The first-order valence-electron chi connectivity index (χ1n) is 17.8. The minimum atomic E-state index is 0.0357. The molecule has 9 rings (SSSR count). The van der Waals surface area contributed by atoms with Gasteiger partial charge in [-0.3, -0.25) is 14.6 Å². The molecule has 0 amide bonds. The van der Waals surface area contributed by atoms with Crippen molar-refractivity contribution in [2.75, 3.05) is 9.80 Å². The van der Waals surface area contributed by atoms with Crippen molar-refractivity contribution in [2.45, 2.75) is 20.4 Å². The zero-order chi connectivity index (χ0) is 35.9. The number of fused-ring (bicyclic) bond motifs is 3. The fourth-order valence-corrected chi connectivity index (χ4v) is 8.26. The predicted octanol–water partition coefficient (Wildman–Crippen LogP) is 11.3. The van der Waals surface area contributed by atoms with Crippen LogP contribution in [0.4, 0.5) is 22.7 Å². The van der Waals surface area contributed by atoms with Crippen LogP contribution in [0, 0.1) is 0 Å². The quantitative estimate of drug-likeness (QED) is 0.117. The largest absolute Gasteiger partial charge is 0.295 e. The molecule has 0 N–H and O–H groups in total. The number of aryl methyl sites for hydroxylation is 1. The third kappa shape index (κ3) is 5.72. The highest BCUT2D eigenvalue weighted by molar-refractivity contribution is 7.21. The Balaban J connectivity index is 1.23. The third-order valence-electron chi connectivity index (χ3n) is 9.73. The van der Waals surface area contributed by atoms with Crippen molar-refractivity contribution in [1.29, 1.82) is 0 Å². The van der Waals surface area contributed by atoms with Crippen molar-refractivity contribution in [3.63, 3.8) is 0 Å². The second-order valence-corrected chi connectivity index (χ2v) is 14.0. The van der Waals surface area contributed by atoms with Gasteiger partial charge in [0.25, 0.3) is 5.82 Å². The van der Waals surface area contributed by atoms with Gasteiger partial charge in [0.05, 0.1) is 28.1 Å². The van der Waals surface area contributed by atoms with Crippen LogP contribution in [0.5, 0.6) is 0 Å². The Hall–Kier alpha value is -6.57. The van der Waals surface area contributed by atoms with E-state index in [1.807, 2.05) is 42.5 Å². The van der Waals surface area contributed by atoms with Crippen molar-refractivity contribution >= 4 is 67.2 Å². The summed E-state index contributed by atoms with van der Waals surface area (Å²) in [6, 6.07) is 52.3. The average molecular weight is 707 g/mol. The first-order chi connectivity index (χ1) is 26.1. The molecule has 1 aliphatic heterocycles. The van der Waals surface area contributed by atoms with E-state index in [1.54, 1.807) is 18.3 Å². The molecule has 0 unspecified atom stereocenters. The van der Waals surface area contributed by atoms with Crippen LogP contribution in [0.3, 0.4) is 0 Å². The first-order valence-corrected chi connectivity index (χ1v) is 18.6. The van der Waals surface area contributed by atoms with Crippen molar-refractivity contribution in [3.8, 4) is 16.3 Å². The lowest BCUT2D eigenvalue weighted by Gasteiger charge is -2.25. The van der Waals surface area contributed by atoms with E-state index in [0.717, 1.165) is 73.7 Å². The van der Waals surface area contributed by atoms with Crippen LogP contribution in [-0.4, -0.2) is 15.3 Å². The number of nitrogens with zero attached hydrogens (tertiary/aromatic N) is 5. The molecule has 0 spiro atoms. The van der Waals surface area contributed by atoms with E-state index in [-0.39, 0.29) is 5.78 Å². The first kappa shape index (κ1) is 32.3. The highest BCUT2D eigenvalue weighted by Gasteiger charge is 2.34. The summed E-state index contributed by atoms with van der Waals surface area (Å²) in [6.45, 7) is 4.60. The number of carbonyl (C=O) groups is 1. The van der Waals surface area contributed by atoms with Gasteiger partial charge in [0.2, 0.25) is 0 Å². The molecule has 6 nitrogen and oxygen atoms in total. The summed E-state index contributed by atoms with van der Waals surface area (Å²) in [4.78, 5) is 22.1. The Morgan fingerprint density at radius 3 is 2.02 bits per heavy atom. The molecule has 0 aliphatic carbocycles. The molecule has 8 aromatic rings. The molecular weight excluding hydrogens is 671 g/mol. The number of thiazole rings is 1. The van der Waals surface area contributed by atoms with Gasteiger partial charge in [-0.2, -0.15) is 4.57 Å². The summed E-state index contributed by atoms with van der Waals surface area (Å²) < 4.78 is 5.90. The van der Waals surface area contributed by atoms with Crippen molar-refractivity contribution in [1.82, 2.24) is 9.55 Å². The molecule has 6 aromatic carbocycles. The maximum Gasteiger partial charge on any atom is 0.287 e. The van der Waals surface area contributed by atoms with Crippen LogP contribution >= 0.6 is 11.3 Å². The number of ketones is 1. The van der Waals surface area contributed by atoms with Gasteiger partial charge in [-0.25, -0.2) is 9.55 Å². The lowest BCUT2D eigenvalue weighted by molar-refractivity contribution is -0.670. The van der Waals surface area contributed by atoms with Gasteiger partial charge >= 0.3 is 0 Å². The highest BCUT2D eigenvalue weighted by Crippen LogP contribution is 2.50. The number of aromatic nitrogens is 3. The SMILES string of the molecule is CC[n+]1c(/C=C/C=C2\N(c3ccccc3)c3ccc(C(C)=O)cc3N2c2ccccc2)n(-c2ccccc2)c2ccc(-c3nc4ccccc4s3)cc21. The lowest BCUT2D eigenvalue weighted by atomic mass is 10.1. The van der Waals surface area contributed by atoms with Crippen LogP contribution in [0.2, 0.25) is 0 Å². The molecule has 0 atom stereocenters. The molecule has 0 fully saturated rings. The number of imidazole rings is 1. The van der Waals surface area contributed by atoms with Crippen molar-refractivity contribution in [3.05, 3.63) is 181 Å². The molecule has 0 radical (unpaired) electrons. The van der Waals surface area contributed by atoms with Crippen LogP contribution < -0.4 is 14.4 Å². The van der Waals surface area contributed by atoms with Crippen molar-refractivity contribution < 1.29 is 9.36 Å². The Bertz CT molecular complexity index is 2660. The van der Waals surface area contributed by atoms with Gasteiger partial charge in [0.1, 0.15) is 16.5 Å². The predicted molar refractivity (Wildman–Crippen MR) is 218 cm³/mol. The van der Waals surface area contributed by atoms with E-state index in [4.69, 9.17) is 4.98 Å². The molecule has 53 heavy (non-hydrogen) atoms. The van der Waals surface area contributed by atoms with Gasteiger partial charge in [-0.15, -0.1) is 11.3 Å². The number of anilines is 4. The third-order valence-corrected chi connectivity index (χ3v) is 10.8. The van der Waals surface area contributed by atoms with E-state index in [1.165, 1.54) is 4.70 Å². The Morgan fingerprint density at radius 1 is 0.717 bits per heavy atom. The lowest BCUT2D eigenvalue weighted by Crippen LogP contribution is -2.35. The van der Waals surface area contributed by atoms with E-state index in [0.29, 0.717) is 5.56 Å². The molecule has 7 heteroatoms. The van der Waals surface area contributed by atoms with Gasteiger partial charge < -0.3 is 0 Å². The number of para-hydroxylation sites is 4. The highest BCUT2D eigenvalue weighted by atomic mass is 32.1. The molecule has 2 aromatic heterocycles. The summed E-state index contributed by atoms with van der Waals surface area (Å²) in [6.07, 6.45) is 6.53. The molecular formula is C46H36N5OS+. The Morgan fingerprint density at radius 2 is 1.36 bits per heavy atom. The zero-order valence-electron chi connectivity index (χ0n) is 29.4. The molecule has 256 valence electrons. The number of Topliss-reactive ketones (excluding diaryl/α,β-unsaturated/α-hetero) is 1. The summed E-state index contributed by atoms with van der Waals surface area (Å²) >= 11 is 1.72. The molecule has 1 aliphatic rings. The maximum atomic E-state index is 12.6. The second kappa shape index (κ2) is 13.5. The van der Waals surface area contributed by atoms with E-state index in [9.17, 15) is 4.79 Å². The fraction of sp³-hybridized carbons (Fsp3) is 0.0652. The monoisotopic (exact) mass is 706 g/mol. The van der Waals surface area contributed by atoms with Gasteiger partial charge in [0.15, 0.2) is 16.8 Å². The number of carbonyl (C=O) groups excluding carboxylic acids is 1. The van der Waals surface area contributed by atoms with Crippen LogP contribution in [-0.2, 0) is 6.54 Å². The van der Waals surface area contributed by atoms with Gasteiger partial charge in [-0.05, 0) is 105 Å². The van der Waals surface area contributed by atoms with Crippen molar-refractivity contribution in [2.24, 2.45) is 0 Å². The second-order valence-electron chi connectivity index (χ2n) is 12.9. The Labute approximate surface area is 312 Å². The normalized spacial score (nSPS) is 13.5. The van der Waals surface area contributed by atoms with Gasteiger partial charge in [-0.1, -0.05) is 72.8 Å². The van der Waals surface area contributed by atoms with E-state index < -0.39 is 0 Å². The fourth-order valence-electron chi connectivity index (χ4n) is 7.29. The van der Waals surface area contributed by atoms with Crippen LogP contribution in [0.25, 0.3) is 43.6 Å². The van der Waals surface area contributed by atoms with Crippen LogP contribution in [0.1, 0.15) is 30.0 Å². The van der Waals surface area contributed by atoms with E-state index >= 15 is 0 Å². The summed E-state index contributed by atoms with van der Waals surface area (Å²) in [5, 5.41) is 1.01. The smallest absolute Gasteiger partial charge is 0.287 e. The minimum Gasteiger partial charge on any atom is -0.295 e. The zero-order valence-corrected chi connectivity index (χ0v) is 30.2. The minimum absolute atomic E-state index is 0.0357. The number of hydrogen-bond donors (Lipinski definition) is 0. The summed E-state index contributed by atoms with van der Waals surface area (Å²) in [7, 11) is 0. The maximum absolute atomic E-state index is 12.6. The standard InChI is InChI=1S/C46H36N5OS/c1-3-48-41-31-34(46-47-38-22-13-14-23-43(38)53-46)27-29-39(41)49(35-16-7-4-8-17-35)44(48)24-15-25-45-50(36-18-9-5-10-19-36)40-28-26-33(32(2)52)30-42(40)51(45)37-20-11-6-12-21-37/h4-31H,3H2,1-2H3/q+1. The summed E-state index contributed by atoms with van der Waals surface area (Å²) in [5.41, 5.74) is 10.2. The number of rotatable bonds is 8. The Kier molecular flexibility index (Phi) is 8.25. The molecule has 0 saturated heterocycles. The molecule has 0 bridgehead atoms. The molecule has 3 heterocycles. The molecule has 0 saturated carbocycles. The number of hydrogen-bond acceptors (Lipinski definition) is 5. The van der Waals surface area contributed by atoms with E-state index in [2.05, 4.69) is 153 Å². The summed E-state index contributed by atoms with van der Waals surface area (Å²) in [5.74, 6) is 2.05. The average Bonchev–Trinajstić information content (AvgIpc) is 3.88. The van der Waals surface area contributed by atoms with Gasteiger partial charge in [0, 0.05) is 28.6 Å². The number of allylic oxidation sites excluding steroid dienone is 2.